The molecule has 0 heterocycles. The molecule has 0 aromatic heterocycles. The molecule has 0 saturated heterocycles. The van der Waals surface area contributed by atoms with Crippen LogP contribution in [-0.4, -0.2) is 21.0 Å². The SMILES string of the molecule is Cc1ccc(C)c(S(=O)(=O)NCCCC(C)N)c1. The molecule has 0 saturated carbocycles. The van der Waals surface area contributed by atoms with Gasteiger partial charge in [0.25, 0.3) is 0 Å². The average molecular weight is 270 g/mol. The van der Waals surface area contributed by atoms with Crippen molar-refractivity contribution in [2.75, 3.05) is 6.54 Å². The Morgan fingerprint density at radius 1 is 1.33 bits per heavy atom. The van der Waals surface area contributed by atoms with Gasteiger partial charge in [-0.05, 0) is 50.8 Å². The Morgan fingerprint density at radius 3 is 2.61 bits per heavy atom. The van der Waals surface area contributed by atoms with Crippen LogP contribution in [0.4, 0.5) is 0 Å². The molecule has 4 nitrogen and oxygen atoms in total. The minimum Gasteiger partial charge on any atom is -0.328 e. The van der Waals surface area contributed by atoms with E-state index in [0.29, 0.717) is 11.4 Å². The first-order valence-electron chi connectivity index (χ1n) is 6.15. The van der Waals surface area contributed by atoms with Crippen molar-refractivity contribution in [1.82, 2.24) is 4.72 Å². The molecule has 1 aromatic carbocycles. The maximum absolute atomic E-state index is 12.1. The number of rotatable bonds is 6. The summed E-state index contributed by atoms with van der Waals surface area (Å²) >= 11 is 0. The standard InChI is InChI=1S/C13H22N2O2S/c1-10-6-7-11(2)13(9-10)18(16,17)15-8-4-5-12(3)14/h6-7,9,12,15H,4-5,8,14H2,1-3H3. The van der Waals surface area contributed by atoms with Crippen LogP contribution < -0.4 is 10.5 Å². The van der Waals surface area contributed by atoms with E-state index >= 15 is 0 Å². The first-order valence-corrected chi connectivity index (χ1v) is 7.64. The molecule has 0 aliphatic heterocycles. The highest BCUT2D eigenvalue weighted by Crippen LogP contribution is 2.16. The topological polar surface area (TPSA) is 72.2 Å². The third kappa shape index (κ3) is 4.40. The zero-order valence-electron chi connectivity index (χ0n) is 11.2. The smallest absolute Gasteiger partial charge is 0.240 e. The lowest BCUT2D eigenvalue weighted by Gasteiger charge is -2.10. The minimum atomic E-state index is -3.40. The van der Waals surface area contributed by atoms with Gasteiger partial charge in [-0.2, -0.15) is 0 Å². The fourth-order valence-electron chi connectivity index (χ4n) is 1.71. The number of nitrogens with one attached hydrogen (secondary N) is 1. The molecule has 18 heavy (non-hydrogen) atoms. The summed E-state index contributed by atoms with van der Waals surface area (Å²) in [6, 6.07) is 5.54. The van der Waals surface area contributed by atoms with Crippen LogP contribution in [0.2, 0.25) is 0 Å². The Balaban J connectivity index is 2.71. The van der Waals surface area contributed by atoms with Crippen molar-refractivity contribution in [1.29, 1.82) is 0 Å². The van der Waals surface area contributed by atoms with E-state index in [-0.39, 0.29) is 6.04 Å². The summed E-state index contributed by atoms with van der Waals surface area (Å²) in [6.45, 7) is 6.03. The quantitative estimate of drug-likeness (QED) is 0.773. The van der Waals surface area contributed by atoms with Gasteiger partial charge in [-0.1, -0.05) is 12.1 Å². The van der Waals surface area contributed by atoms with Gasteiger partial charge in [0.05, 0.1) is 4.90 Å². The van der Waals surface area contributed by atoms with Crippen molar-refractivity contribution in [2.24, 2.45) is 5.73 Å². The first-order chi connectivity index (χ1) is 8.33. The molecule has 0 aliphatic carbocycles. The second kappa shape index (κ2) is 6.31. The highest BCUT2D eigenvalue weighted by molar-refractivity contribution is 7.89. The molecule has 1 aromatic rings. The summed E-state index contributed by atoms with van der Waals surface area (Å²) in [5, 5.41) is 0. The van der Waals surface area contributed by atoms with Crippen molar-refractivity contribution >= 4 is 10.0 Å². The maximum Gasteiger partial charge on any atom is 0.240 e. The lowest BCUT2D eigenvalue weighted by molar-refractivity contribution is 0.567. The second-order valence-electron chi connectivity index (χ2n) is 4.79. The molecule has 0 bridgehead atoms. The molecule has 102 valence electrons. The van der Waals surface area contributed by atoms with Crippen molar-refractivity contribution in [2.45, 2.75) is 44.6 Å². The van der Waals surface area contributed by atoms with Crippen molar-refractivity contribution in [3.8, 4) is 0 Å². The van der Waals surface area contributed by atoms with E-state index in [4.69, 9.17) is 5.73 Å². The molecule has 0 fully saturated rings. The minimum absolute atomic E-state index is 0.107. The van der Waals surface area contributed by atoms with Crippen LogP contribution in [0, 0.1) is 13.8 Å². The Kier molecular flexibility index (Phi) is 5.31. The van der Waals surface area contributed by atoms with Gasteiger partial charge >= 0.3 is 0 Å². The third-order valence-corrected chi connectivity index (χ3v) is 4.36. The molecule has 0 spiro atoms. The molecule has 3 N–H and O–H groups in total. The average Bonchev–Trinajstić information content (AvgIpc) is 2.27. The van der Waals surface area contributed by atoms with Gasteiger partial charge in [-0.15, -0.1) is 0 Å². The molecule has 1 rings (SSSR count). The number of benzene rings is 1. The summed E-state index contributed by atoms with van der Waals surface area (Å²) in [4.78, 5) is 0.364. The van der Waals surface area contributed by atoms with Crippen molar-refractivity contribution < 1.29 is 8.42 Å². The predicted octanol–water partition coefficient (Wildman–Crippen LogP) is 1.71. The summed E-state index contributed by atoms with van der Waals surface area (Å²) < 4.78 is 26.8. The van der Waals surface area contributed by atoms with Crippen LogP contribution in [0.5, 0.6) is 0 Å². The van der Waals surface area contributed by atoms with Crippen LogP contribution in [0.25, 0.3) is 0 Å². The molecule has 0 amide bonds. The summed E-state index contributed by atoms with van der Waals surface area (Å²) in [6.07, 6.45) is 1.57. The zero-order valence-corrected chi connectivity index (χ0v) is 12.0. The number of nitrogens with two attached hydrogens (primary N) is 1. The van der Waals surface area contributed by atoms with E-state index in [0.717, 1.165) is 24.0 Å². The largest absolute Gasteiger partial charge is 0.328 e. The molecular weight excluding hydrogens is 248 g/mol. The van der Waals surface area contributed by atoms with E-state index in [9.17, 15) is 8.42 Å². The van der Waals surface area contributed by atoms with Gasteiger partial charge in [0, 0.05) is 12.6 Å². The van der Waals surface area contributed by atoms with E-state index in [1.165, 1.54) is 0 Å². The molecule has 1 atom stereocenters. The van der Waals surface area contributed by atoms with Gasteiger partial charge in [0.15, 0.2) is 0 Å². The Hall–Kier alpha value is -0.910. The van der Waals surface area contributed by atoms with Crippen LogP contribution in [0.15, 0.2) is 23.1 Å². The number of hydrogen-bond donors (Lipinski definition) is 2. The normalized spacial score (nSPS) is 13.6. The third-order valence-electron chi connectivity index (χ3n) is 2.76. The molecule has 5 heteroatoms. The van der Waals surface area contributed by atoms with Gasteiger partial charge in [-0.25, -0.2) is 13.1 Å². The van der Waals surface area contributed by atoms with E-state index in [2.05, 4.69) is 4.72 Å². The Labute approximate surface area is 110 Å². The van der Waals surface area contributed by atoms with Gasteiger partial charge in [0.2, 0.25) is 10.0 Å². The van der Waals surface area contributed by atoms with Crippen LogP contribution in [0.3, 0.4) is 0 Å². The number of sulfonamides is 1. The van der Waals surface area contributed by atoms with E-state index in [1.54, 1.807) is 13.0 Å². The van der Waals surface area contributed by atoms with Crippen LogP contribution >= 0.6 is 0 Å². The summed E-state index contributed by atoms with van der Waals surface area (Å²) in [7, 11) is -3.40. The van der Waals surface area contributed by atoms with Crippen LogP contribution in [-0.2, 0) is 10.0 Å². The predicted molar refractivity (Wildman–Crippen MR) is 74.0 cm³/mol. The lowest BCUT2D eigenvalue weighted by Crippen LogP contribution is -2.27. The fourth-order valence-corrected chi connectivity index (χ4v) is 3.11. The molecule has 1 unspecified atom stereocenters. The van der Waals surface area contributed by atoms with E-state index in [1.807, 2.05) is 26.0 Å². The molecule has 0 radical (unpaired) electrons. The monoisotopic (exact) mass is 270 g/mol. The fraction of sp³-hybridized carbons (Fsp3) is 0.538. The second-order valence-corrected chi connectivity index (χ2v) is 6.52. The first kappa shape index (κ1) is 15.1. The molecule has 0 aliphatic rings. The zero-order chi connectivity index (χ0) is 13.8. The van der Waals surface area contributed by atoms with Crippen LogP contribution in [0.1, 0.15) is 30.9 Å². The van der Waals surface area contributed by atoms with Crippen molar-refractivity contribution in [3.05, 3.63) is 29.3 Å². The number of hydrogen-bond acceptors (Lipinski definition) is 3. The number of aryl methyl sites for hydroxylation is 2. The lowest BCUT2D eigenvalue weighted by atomic mass is 10.2. The highest BCUT2D eigenvalue weighted by atomic mass is 32.2. The Bertz CT molecular complexity index is 496. The van der Waals surface area contributed by atoms with E-state index < -0.39 is 10.0 Å². The maximum atomic E-state index is 12.1. The summed E-state index contributed by atoms with van der Waals surface area (Å²) in [5.41, 5.74) is 7.33. The van der Waals surface area contributed by atoms with Gasteiger partial charge < -0.3 is 5.73 Å². The van der Waals surface area contributed by atoms with Crippen molar-refractivity contribution in [3.63, 3.8) is 0 Å². The highest BCUT2D eigenvalue weighted by Gasteiger charge is 2.16. The summed E-state index contributed by atoms with van der Waals surface area (Å²) in [5.74, 6) is 0. The van der Waals surface area contributed by atoms with Gasteiger partial charge in [-0.3, -0.25) is 0 Å². The molecular formula is C13H22N2O2S. The van der Waals surface area contributed by atoms with Gasteiger partial charge in [0.1, 0.15) is 0 Å². The Morgan fingerprint density at radius 2 is 2.00 bits per heavy atom.